The standard InChI is InChI=1S/C44H28N4S/c1-2-10-27(11-3-1)47-35-16-8-4-12-28(35)30-22-25(18-20-37(30)47)26-19-21-38-31(23-26)40-39(49-38)24-32-42-44(46-34-15-7-6-14-33(34)45-42)48-36-17-9-5-13-29(36)41(40)43(32)48/h1-24,33-34,45-46H. The quantitative estimate of drug-likeness (QED) is 0.196. The predicted molar refractivity (Wildman–Crippen MR) is 209 cm³/mol. The van der Waals surface area contributed by atoms with Crippen molar-refractivity contribution in [2.24, 2.45) is 0 Å². The van der Waals surface area contributed by atoms with E-state index in [1.54, 1.807) is 0 Å². The lowest BCUT2D eigenvalue weighted by molar-refractivity contribution is 0.760. The third kappa shape index (κ3) is 3.37. The van der Waals surface area contributed by atoms with E-state index in [4.69, 9.17) is 0 Å². The van der Waals surface area contributed by atoms with Crippen LogP contribution in [-0.2, 0) is 0 Å². The van der Waals surface area contributed by atoms with Gasteiger partial charge >= 0.3 is 0 Å². The number of hydrogen-bond donors (Lipinski definition) is 2. The Morgan fingerprint density at radius 2 is 1.20 bits per heavy atom. The predicted octanol–water partition coefficient (Wildman–Crippen LogP) is 11.5. The van der Waals surface area contributed by atoms with E-state index in [2.05, 4.69) is 165 Å². The summed E-state index contributed by atoms with van der Waals surface area (Å²) >= 11 is 1.90. The van der Waals surface area contributed by atoms with Crippen LogP contribution in [0.3, 0.4) is 0 Å². The molecule has 0 spiro atoms. The fourth-order valence-electron chi connectivity index (χ4n) is 8.76. The monoisotopic (exact) mass is 644 g/mol. The van der Waals surface area contributed by atoms with Gasteiger partial charge < -0.3 is 15.2 Å². The van der Waals surface area contributed by atoms with Crippen LogP contribution in [0.2, 0.25) is 0 Å². The van der Waals surface area contributed by atoms with Crippen LogP contribution in [0.15, 0.2) is 146 Å². The van der Waals surface area contributed by atoms with E-state index in [0.717, 1.165) is 5.82 Å². The summed E-state index contributed by atoms with van der Waals surface area (Å²) in [4.78, 5) is 0. The molecule has 2 atom stereocenters. The number of benzene rings is 6. The van der Waals surface area contributed by atoms with Gasteiger partial charge in [0, 0.05) is 52.8 Å². The van der Waals surface area contributed by atoms with Crippen molar-refractivity contribution in [2.45, 2.75) is 12.1 Å². The molecule has 2 aliphatic rings. The Bertz CT molecular complexity index is 3060. The fourth-order valence-corrected chi connectivity index (χ4v) is 9.90. The maximum atomic E-state index is 3.90. The van der Waals surface area contributed by atoms with Gasteiger partial charge in [-0.15, -0.1) is 11.3 Å². The lowest BCUT2D eigenvalue weighted by atomic mass is 9.97. The molecule has 5 heteroatoms. The maximum absolute atomic E-state index is 3.90. The van der Waals surface area contributed by atoms with Crippen molar-refractivity contribution < 1.29 is 0 Å². The second kappa shape index (κ2) is 9.31. The molecule has 0 radical (unpaired) electrons. The molecular formula is C44H28N4S. The average molecular weight is 645 g/mol. The molecule has 1 aliphatic carbocycles. The molecule has 1 aliphatic heterocycles. The molecule has 6 aromatic carbocycles. The highest BCUT2D eigenvalue weighted by Crippen LogP contribution is 2.51. The molecular weight excluding hydrogens is 617 g/mol. The minimum Gasteiger partial charge on any atom is -0.373 e. The van der Waals surface area contributed by atoms with Gasteiger partial charge in [-0.2, -0.15) is 0 Å². The van der Waals surface area contributed by atoms with Crippen LogP contribution in [0.4, 0.5) is 11.5 Å². The highest BCUT2D eigenvalue weighted by atomic mass is 32.1. The van der Waals surface area contributed by atoms with E-state index in [-0.39, 0.29) is 12.1 Å². The van der Waals surface area contributed by atoms with Crippen LogP contribution in [-0.4, -0.2) is 21.1 Å². The van der Waals surface area contributed by atoms with Gasteiger partial charge in [0.15, 0.2) is 0 Å². The van der Waals surface area contributed by atoms with Crippen molar-refractivity contribution in [1.82, 2.24) is 8.97 Å². The largest absolute Gasteiger partial charge is 0.373 e. The van der Waals surface area contributed by atoms with Crippen molar-refractivity contribution in [3.05, 3.63) is 146 Å². The molecule has 0 saturated carbocycles. The molecule has 230 valence electrons. The van der Waals surface area contributed by atoms with Gasteiger partial charge in [0.25, 0.3) is 0 Å². The molecule has 0 saturated heterocycles. The zero-order valence-electron chi connectivity index (χ0n) is 26.3. The summed E-state index contributed by atoms with van der Waals surface area (Å²) in [6.45, 7) is 0. The summed E-state index contributed by atoms with van der Waals surface area (Å²) < 4.78 is 7.50. The van der Waals surface area contributed by atoms with Crippen LogP contribution in [0.25, 0.3) is 86.0 Å². The number of thiophene rings is 1. The molecule has 0 amide bonds. The lowest BCUT2D eigenvalue weighted by Crippen LogP contribution is -2.41. The summed E-state index contributed by atoms with van der Waals surface area (Å²) in [7, 11) is 0. The van der Waals surface area contributed by atoms with E-state index in [1.807, 2.05) is 11.3 Å². The molecule has 4 aromatic heterocycles. The Kier molecular flexibility index (Phi) is 4.94. The number of nitrogens with zero attached hydrogens (tertiary/aromatic N) is 2. The summed E-state index contributed by atoms with van der Waals surface area (Å²) in [5.41, 5.74) is 9.86. The molecule has 0 bridgehead atoms. The topological polar surface area (TPSA) is 33.4 Å². The van der Waals surface area contributed by atoms with Gasteiger partial charge in [-0.25, -0.2) is 0 Å². The first-order valence-electron chi connectivity index (χ1n) is 16.9. The van der Waals surface area contributed by atoms with E-state index in [9.17, 15) is 0 Å². The van der Waals surface area contributed by atoms with Crippen LogP contribution in [0.1, 0.15) is 0 Å². The number of allylic oxidation sites excluding steroid dienone is 2. The number of nitrogens with one attached hydrogen (secondary N) is 2. The highest BCUT2D eigenvalue weighted by Gasteiger charge is 2.32. The zero-order chi connectivity index (χ0) is 31.8. The minimum atomic E-state index is 0.220. The summed E-state index contributed by atoms with van der Waals surface area (Å²) in [6, 6.07) is 45.3. The normalized spacial score (nSPS) is 17.1. The maximum Gasteiger partial charge on any atom is 0.136 e. The van der Waals surface area contributed by atoms with Gasteiger partial charge in [0.2, 0.25) is 0 Å². The Balaban J connectivity index is 1.11. The average Bonchev–Trinajstić information content (AvgIpc) is 3.88. The van der Waals surface area contributed by atoms with Gasteiger partial charge in [-0.05, 0) is 65.7 Å². The van der Waals surface area contributed by atoms with Gasteiger partial charge in [-0.3, -0.25) is 4.40 Å². The summed E-state index contributed by atoms with van der Waals surface area (Å²) in [5, 5.41) is 17.0. The Labute approximate surface area is 285 Å². The minimum absolute atomic E-state index is 0.220. The third-order valence-corrected chi connectivity index (χ3v) is 12.0. The van der Waals surface area contributed by atoms with Crippen molar-refractivity contribution in [3.8, 4) is 16.8 Å². The van der Waals surface area contributed by atoms with Crippen molar-refractivity contribution >= 4 is 92.0 Å². The second-order valence-corrected chi connectivity index (χ2v) is 14.5. The number of fused-ring (bicyclic) bond motifs is 14. The lowest BCUT2D eigenvalue weighted by Gasteiger charge is -2.33. The number of anilines is 2. The zero-order valence-corrected chi connectivity index (χ0v) is 27.1. The summed E-state index contributed by atoms with van der Waals surface area (Å²) in [6.07, 6.45) is 8.82. The Morgan fingerprint density at radius 1 is 0.510 bits per heavy atom. The van der Waals surface area contributed by atoms with Crippen LogP contribution in [0.5, 0.6) is 0 Å². The number of rotatable bonds is 2. The Morgan fingerprint density at radius 3 is 2.06 bits per heavy atom. The van der Waals surface area contributed by atoms with E-state index in [1.165, 1.54) is 91.7 Å². The first-order chi connectivity index (χ1) is 24.3. The van der Waals surface area contributed by atoms with Gasteiger partial charge in [0.1, 0.15) is 5.82 Å². The molecule has 12 rings (SSSR count). The molecule has 10 aromatic rings. The van der Waals surface area contributed by atoms with Crippen LogP contribution in [0, 0.1) is 0 Å². The van der Waals surface area contributed by atoms with Crippen molar-refractivity contribution in [1.29, 1.82) is 0 Å². The highest BCUT2D eigenvalue weighted by molar-refractivity contribution is 7.26. The first-order valence-corrected chi connectivity index (χ1v) is 17.8. The molecule has 2 unspecified atom stereocenters. The number of aromatic nitrogens is 2. The van der Waals surface area contributed by atoms with Crippen molar-refractivity contribution in [3.63, 3.8) is 0 Å². The summed E-state index contributed by atoms with van der Waals surface area (Å²) in [5.74, 6) is 1.16. The van der Waals surface area contributed by atoms with Gasteiger partial charge in [-0.1, -0.05) is 91.0 Å². The molecule has 2 N–H and O–H groups in total. The van der Waals surface area contributed by atoms with Gasteiger partial charge in [0.05, 0.1) is 39.8 Å². The van der Waals surface area contributed by atoms with Crippen LogP contribution >= 0.6 is 11.3 Å². The SMILES string of the molecule is C1=CC2Nc3c(n4c5ccccc5c5c6c(cc3c54)sc3ccc(-c4ccc5c(c4)c4ccccc4n5-c4ccccc4)cc36)NC2C=C1. The second-order valence-electron chi connectivity index (χ2n) is 13.4. The van der Waals surface area contributed by atoms with E-state index in [0.29, 0.717) is 0 Å². The van der Waals surface area contributed by atoms with E-state index >= 15 is 0 Å². The first kappa shape index (κ1) is 26.0. The molecule has 4 nitrogen and oxygen atoms in total. The fraction of sp³-hybridized carbons (Fsp3) is 0.0455. The molecule has 0 fully saturated rings. The number of hydrogen-bond acceptors (Lipinski definition) is 3. The molecule has 5 heterocycles. The van der Waals surface area contributed by atoms with Crippen LogP contribution < -0.4 is 10.6 Å². The van der Waals surface area contributed by atoms with Crippen molar-refractivity contribution in [2.75, 3.05) is 10.6 Å². The molecule has 49 heavy (non-hydrogen) atoms. The number of para-hydroxylation sites is 3. The Hall–Kier alpha value is -6.04. The third-order valence-electron chi connectivity index (χ3n) is 10.9. The smallest absolute Gasteiger partial charge is 0.136 e. The van der Waals surface area contributed by atoms with E-state index < -0.39 is 0 Å².